The van der Waals surface area contributed by atoms with Crippen LogP contribution in [0.3, 0.4) is 0 Å². The summed E-state index contributed by atoms with van der Waals surface area (Å²) >= 11 is 0. The summed E-state index contributed by atoms with van der Waals surface area (Å²) in [4.78, 5) is 0. The zero-order valence-corrected chi connectivity index (χ0v) is 14.6. The van der Waals surface area contributed by atoms with Crippen molar-refractivity contribution < 1.29 is 19.0 Å². The van der Waals surface area contributed by atoms with Crippen LogP contribution >= 0.6 is 0 Å². The van der Waals surface area contributed by atoms with Crippen molar-refractivity contribution in [2.75, 3.05) is 26.4 Å². The Morgan fingerprint density at radius 1 is 1.25 bits per heavy atom. The quantitative estimate of drug-likeness (QED) is 0.811. The maximum Gasteiger partial charge on any atom is 0.191 e. The molecule has 0 bridgehead atoms. The topological polar surface area (TPSA) is 47.9 Å². The molecule has 0 aromatic heterocycles. The van der Waals surface area contributed by atoms with Crippen LogP contribution in [0, 0.1) is 11.8 Å². The van der Waals surface area contributed by atoms with E-state index in [9.17, 15) is 5.11 Å². The smallest absolute Gasteiger partial charge is 0.191 e. The van der Waals surface area contributed by atoms with E-state index in [-0.39, 0.29) is 17.6 Å². The van der Waals surface area contributed by atoms with Gasteiger partial charge in [0.2, 0.25) is 0 Å². The monoisotopic (exact) mass is 302 g/mol. The van der Waals surface area contributed by atoms with Gasteiger partial charge in [0.1, 0.15) is 0 Å². The summed E-state index contributed by atoms with van der Waals surface area (Å²) in [6.45, 7) is 13.4. The molecule has 0 unspecified atom stereocenters. The Morgan fingerprint density at radius 3 is 2.35 bits per heavy atom. The molecule has 2 fully saturated rings. The average Bonchev–Trinajstić information content (AvgIpc) is 2.94. The van der Waals surface area contributed by atoms with Gasteiger partial charge in [-0.1, -0.05) is 20.8 Å². The molecule has 0 amide bonds. The fourth-order valence-electron chi connectivity index (χ4n) is 2.98. The van der Waals surface area contributed by atoms with E-state index < -0.39 is 14.1 Å². The third-order valence-electron chi connectivity index (χ3n) is 5.43. The molecule has 1 aliphatic carbocycles. The number of hydrogen-bond donors (Lipinski definition) is 1. The second-order valence-electron chi connectivity index (χ2n) is 7.67. The molecule has 2 aliphatic rings. The van der Waals surface area contributed by atoms with Crippen LogP contribution in [0.15, 0.2) is 0 Å². The Bertz CT molecular complexity index is 331. The Morgan fingerprint density at radius 2 is 1.85 bits per heavy atom. The summed E-state index contributed by atoms with van der Waals surface area (Å²) in [6.07, 6.45) is 1.89. The Kier molecular flexibility index (Phi) is 4.67. The highest BCUT2D eigenvalue weighted by Crippen LogP contribution is 2.46. The molecule has 4 nitrogen and oxygen atoms in total. The van der Waals surface area contributed by atoms with Crippen molar-refractivity contribution in [3.8, 4) is 0 Å². The van der Waals surface area contributed by atoms with E-state index >= 15 is 0 Å². The maximum absolute atomic E-state index is 9.75. The van der Waals surface area contributed by atoms with Crippen LogP contribution in [0.4, 0.5) is 0 Å². The van der Waals surface area contributed by atoms with Crippen LogP contribution in [0.25, 0.3) is 0 Å². The lowest BCUT2D eigenvalue weighted by atomic mass is 9.94. The highest BCUT2D eigenvalue weighted by molar-refractivity contribution is 6.74. The minimum Gasteiger partial charge on any atom is -0.417 e. The molecule has 1 saturated heterocycles. The third-order valence-corrected chi connectivity index (χ3v) is 9.94. The van der Waals surface area contributed by atoms with Crippen LogP contribution in [-0.4, -0.2) is 45.6 Å². The SMILES string of the molecule is CC(C)(C)[Si](C)(C)OC[C@@H]1CCC2(OCCO2)[C@H]1CO. The highest BCUT2D eigenvalue weighted by Gasteiger charge is 2.53. The van der Waals surface area contributed by atoms with Crippen molar-refractivity contribution in [2.45, 2.75) is 57.5 Å². The molecule has 0 radical (unpaired) electrons. The normalized spacial score (nSPS) is 30.3. The standard InChI is InChI=1S/C15H30O4Si/c1-14(2,3)20(4,5)19-11-12-6-7-15(13(12)10-16)17-8-9-18-15/h12-13,16H,6-11H2,1-5H3/t12-,13-/m0/s1. The summed E-state index contributed by atoms with van der Waals surface area (Å²) in [6, 6.07) is 0. The minimum atomic E-state index is -1.73. The van der Waals surface area contributed by atoms with Gasteiger partial charge in [0.25, 0.3) is 0 Å². The second kappa shape index (κ2) is 5.69. The zero-order valence-electron chi connectivity index (χ0n) is 13.6. The van der Waals surface area contributed by atoms with Gasteiger partial charge in [-0.3, -0.25) is 0 Å². The first kappa shape index (κ1) is 16.4. The molecule has 1 saturated carbocycles. The first-order valence-electron chi connectivity index (χ1n) is 7.74. The van der Waals surface area contributed by atoms with Crippen molar-refractivity contribution in [1.82, 2.24) is 0 Å². The van der Waals surface area contributed by atoms with Gasteiger partial charge in [-0.15, -0.1) is 0 Å². The lowest BCUT2D eigenvalue weighted by Gasteiger charge is -2.38. The van der Waals surface area contributed by atoms with E-state index in [0.29, 0.717) is 19.1 Å². The summed E-state index contributed by atoms with van der Waals surface area (Å²) in [7, 11) is -1.73. The van der Waals surface area contributed by atoms with Gasteiger partial charge < -0.3 is 19.0 Å². The van der Waals surface area contributed by atoms with E-state index in [4.69, 9.17) is 13.9 Å². The van der Waals surface area contributed by atoms with Crippen molar-refractivity contribution >= 4 is 8.32 Å². The van der Waals surface area contributed by atoms with Gasteiger partial charge >= 0.3 is 0 Å². The van der Waals surface area contributed by atoms with Crippen molar-refractivity contribution in [2.24, 2.45) is 11.8 Å². The molecule has 118 valence electrons. The first-order chi connectivity index (χ1) is 9.22. The lowest BCUT2D eigenvalue weighted by Crippen LogP contribution is -2.44. The Labute approximate surface area is 123 Å². The van der Waals surface area contributed by atoms with E-state index in [1.165, 1.54) is 0 Å². The number of ether oxygens (including phenoxy) is 2. The van der Waals surface area contributed by atoms with E-state index in [2.05, 4.69) is 33.9 Å². The van der Waals surface area contributed by atoms with Crippen LogP contribution < -0.4 is 0 Å². The third kappa shape index (κ3) is 2.97. The van der Waals surface area contributed by atoms with Crippen LogP contribution in [0.2, 0.25) is 18.1 Å². The Balaban J connectivity index is 1.97. The summed E-state index contributed by atoms with van der Waals surface area (Å²) in [5, 5.41) is 9.97. The molecule has 1 spiro atoms. The number of aliphatic hydroxyl groups excluding tert-OH is 1. The molecule has 1 heterocycles. The van der Waals surface area contributed by atoms with Gasteiger partial charge in [-0.2, -0.15) is 0 Å². The summed E-state index contributed by atoms with van der Waals surface area (Å²) in [5.41, 5.74) is 0. The fraction of sp³-hybridized carbons (Fsp3) is 1.00. The van der Waals surface area contributed by atoms with E-state index in [1.54, 1.807) is 0 Å². The van der Waals surface area contributed by atoms with Gasteiger partial charge in [0, 0.05) is 18.9 Å². The molecule has 0 aromatic rings. The van der Waals surface area contributed by atoms with Crippen molar-refractivity contribution in [3.63, 3.8) is 0 Å². The zero-order chi connectivity index (χ0) is 15.0. The second-order valence-corrected chi connectivity index (χ2v) is 12.5. The van der Waals surface area contributed by atoms with E-state index in [0.717, 1.165) is 19.4 Å². The van der Waals surface area contributed by atoms with Crippen LogP contribution in [0.1, 0.15) is 33.6 Å². The first-order valence-corrected chi connectivity index (χ1v) is 10.7. The summed E-state index contributed by atoms with van der Waals surface area (Å²) < 4.78 is 17.9. The molecule has 2 rings (SSSR count). The van der Waals surface area contributed by atoms with Gasteiger partial charge in [0.15, 0.2) is 14.1 Å². The highest BCUT2D eigenvalue weighted by atomic mass is 28.4. The predicted molar refractivity (Wildman–Crippen MR) is 81.1 cm³/mol. The number of hydrogen-bond acceptors (Lipinski definition) is 4. The van der Waals surface area contributed by atoms with E-state index in [1.807, 2.05) is 0 Å². The predicted octanol–water partition coefficient (Wildman–Crippen LogP) is 2.77. The molecular formula is C15H30O4Si. The largest absolute Gasteiger partial charge is 0.417 e. The number of aliphatic hydroxyl groups is 1. The van der Waals surface area contributed by atoms with Crippen molar-refractivity contribution in [3.05, 3.63) is 0 Å². The molecule has 2 atom stereocenters. The van der Waals surface area contributed by atoms with Crippen molar-refractivity contribution in [1.29, 1.82) is 0 Å². The molecule has 1 aliphatic heterocycles. The lowest BCUT2D eigenvalue weighted by molar-refractivity contribution is -0.194. The molecule has 20 heavy (non-hydrogen) atoms. The van der Waals surface area contributed by atoms with Crippen LogP contribution in [-0.2, 0) is 13.9 Å². The molecule has 5 heteroatoms. The fourth-order valence-corrected chi connectivity index (χ4v) is 4.04. The molecular weight excluding hydrogens is 272 g/mol. The minimum absolute atomic E-state index is 0.0507. The summed E-state index contributed by atoms with van der Waals surface area (Å²) in [5.74, 6) is -0.141. The molecule has 0 aromatic carbocycles. The van der Waals surface area contributed by atoms with Gasteiger partial charge in [-0.05, 0) is 30.5 Å². The molecule has 1 N–H and O–H groups in total. The Hall–Kier alpha value is 0.0569. The maximum atomic E-state index is 9.75. The number of rotatable bonds is 4. The van der Waals surface area contributed by atoms with Crippen LogP contribution in [0.5, 0.6) is 0 Å². The van der Waals surface area contributed by atoms with Gasteiger partial charge in [0.05, 0.1) is 19.8 Å². The van der Waals surface area contributed by atoms with Gasteiger partial charge in [-0.25, -0.2) is 0 Å². The average molecular weight is 302 g/mol.